The van der Waals surface area contributed by atoms with Crippen LogP contribution >= 0.6 is 0 Å². The molecule has 4 aromatic rings. The zero-order chi connectivity index (χ0) is 23.5. The van der Waals surface area contributed by atoms with Crippen molar-refractivity contribution >= 4 is 22.5 Å². The van der Waals surface area contributed by atoms with Crippen molar-refractivity contribution < 1.29 is 9.84 Å². The van der Waals surface area contributed by atoms with Crippen LogP contribution in [0.4, 0.5) is 11.6 Å². The van der Waals surface area contributed by atoms with Crippen molar-refractivity contribution in [2.75, 3.05) is 31.6 Å². The number of rotatable bonds is 6. The minimum Gasteiger partial charge on any atom is -0.394 e. The highest BCUT2D eigenvalue weighted by Gasteiger charge is 2.20. The molecular weight excluding hydrogens is 428 g/mol. The summed E-state index contributed by atoms with van der Waals surface area (Å²) in [5, 5.41) is 18.1. The van der Waals surface area contributed by atoms with Gasteiger partial charge in [-0.15, -0.1) is 6.42 Å². The molecule has 1 aliphatic heterocycles. The van der Waals surface area contributed by atoms with Gasteiger partial charge in [0.1, 0.15) is 0 Å². The number of fused-ring (bicyclic) bond motifs is 1. The van der Waals surface area contributed by atoms with E-state index in [1.54, 1.807) is 10.9 Å². The number of terminal acetylenes is 1. The van der Waals surface area contributed by atoms with Crippen LogP contribution in [-0.4, -0.2) is 62.2 Å². The lowest BCUT2D eigenvalue weighted by Gasteiger charge is -2.32. The monoisotopic (exact) mass is 454 g/mol. The number of morpholine rings is 1. The molecule has 0 amide bonds. The number of hydrogen-bond acceptors (Lipinski definition) is 7. The van der Waals surface area contributed by atoms with E-state index in [4.69, 9.17) is 11.2 Å². The molecule has 2 aromatic heterocycles. The number of aromatic nitrogens is 4. The van der Waals surface area contributed by atoms with E-state index in [1.807, 2.05) is 37.6 Å². The predicted molar refractivity (Wildman–Crippen MR) is 132 cm³/mol. The Morgan fingerprint density at radius 2 is 2.12 bits per heavy atom. The van der Waals surface area contributed by atoms with Gasteiger partial charge in [0.25, 0.3) is 0 Å². The molecule has 0 saturated carbocycles. The molecule has 1 unspecified atom stereocenters. The third-order valence-corrected chi connectivity index (χ3v) is 5.87. The van der Waals surface area contributed by atoms with Gasteiger partial charge < -0.3 is 15.2 Å². The number of aliphatic hydroxyl groups excluding tert-OH is 1. The minimum absolute atomic E-state index is 0.0289. The van der Waals surface area contributed by atoms with E-state index in [0.717, 1.165) is 51.9 Å². The first-order valence-corrected chi connectivity index (χ1v) is 11.2. The zero-order valence-electron chi connectivity index (χ0n) is 19.0. The van der Waals surface area contributed by atoms with Gasteiger partial charge in [-0.3, -0.25) is 9.58 Å². The van der Waals surface area contributed by atoms with Crippen molar-refractivity contribution in [3.05, 3.63) is 66.1 Å². The summed E-state index contributed by atoms with van der Waals surface area (Å²) >= 11 is 0. The van der Waals surface area contributed by atoms with E-state index in [1.165, 1.54) is 0 Å². The van der Waals surface area contributed by atoms with Gasteiger partial charge in [-0.1, -0.05) is 5.92 Å². The maximum atomic E-state index is 9.49. The third-order valence-electron chi connectivity index (χ3n) is 5.87. The van der Waals surface area contributed by atoms with Crippen LogP contribution < -0.4 is 5.32 Å². The second-order valence-electron chi connectivity index (χ2n) is 8.47. The van der Waals surface area contributed by atoms with E-state index in [2.05, 4.69) is 49.4 Å². The third kappa shape index (κ3) is 4.92. The molecule has 3 heterocycles. The molecule has 8 heteroatoms. The topological polar surface area (TPSA) is 88.3 Å². The van der Waals surface area contributed by atoms with E-state index < -0.39 is 0 Å². The van der Waals surface area contributed by atoms with Gasteiger partial charge in [0.2, 0.25) is 5.95 Å². The Kier molecular flexibility index (Phi) is 6.23. The second-order valence-corrected chi connectivity index (χ2v) is 8.47. The number of anilines is 2. The number of benzene rings is 2. The fourth-order valence-electron chi connectivity index (χ4n) is 4.20. The molecule has 2 N–H and O–H groups in total. The molecule has 0 bridgehead atoms. The van der Waals surface area contributed by atoms with Gasteiger partial charge in [-0.25, -0.2) is 9.97 Å². The standard InChI is InChI=1S/C26H26N6O2/c1-3-18-4-5-25-21(8-18)12-27-26(30-25)29-23-10-19(14-32-6-7-34-24(16-32)17-33)9-20(11-23)22-13-28-31(2)15-22/h1,4-5,8-13,15,24,33H,6-7,14,16-17H2,2H3,(H,27,29,30). The van der Waals surface area contributed by atoms with Gasteiger partial charge in [-0.2, -0.15) is 5.10 Å². The number of ether oxygens (including phenoxy) is 1. The van der Waals surface area contributed by atoms with Crippen LogP contribution in [0.1, 0.15) is 11.1 Å². The van der Waals surface area contributed by atoms with Crippen molar-refractivity contribution in [3.8, 4) is 23.5 Å². The predicted octanol–water partition coefficient (Wildman–Crippen LogP) is 2.95. The smallest absolute Gasteiger partial charge is 0.227 e. The molecule has 0 aliphatic carbocycles. The Hall–Kier alpha value is -3.77. The lowest BCUT2D eigenvalue weighted by molar-refractivity contribution is -0.0550. The molecule has 1 atom stereocenters. The lowest BCUT2D eigenvalue weighted by atomic mass is 10.0. The SMILES string of the molecule is C#Cc1ccc2nc(Nc3cc(CN4CCOC(CO)C4)cc(-c4cnn(C)c4)c3)ncc2c1. The first kappa shape index (κ1) is 22.0. The van der Waals surface area contributed by atoms with E-state index in [0.29, 0.717) is 19.1 Å². The van der Waals surface area contributed by atoms with E-state index >= 15 is 0 Å². The molecule has 2 aromatic carbocycles. The highest BCUT2D eigenvalue weighted by atomic mass is 16.5. The highest BCUT2D eigenvalue weighted by Crippen LogP contribution is 2.27. The number of aliphatic hydroxyl groups is 1. The Balaban J connectivity index is 1.45. The second kappa shape index (κ2) is 9.61. The van der Waals surface area contributed by atoms with Crippen molar-refractivity contribution in [1.82, 2.24) is 24.6 Å². The summed E-state index contributed by atoms with van der Waals surface area (Å²) in [7, 11) is 1.91. The van der Waals surface area contributed by atoms with E-state index in [9.17, 15) is 5.11 Å². The fourth-order valence-corrected chi connectivity index (χ4v) is 4.20. The van der Waals surface area contributed by atoms with Crippen molar-refractivity contribution in [1.29, 1.82) is 0 Å². The van der Waals surface area contributed by atoms with Crippen LogP contribution in [0.2, 0.25) is 0 Å². The molecule has 0 radical (unpaired) electrons. The summed E-state index contributed by atoms with van der Waals surface area (Å²) in [4.78, 5) is 11.4. The molecule has 0 spiro atoms. The van der Waals surface area contributed by atoms with Gasteiger partial charge in [-0.05, 0) is 47.5 Å². The number of aryl methyl sites for hydroxylation is 1. The van der Waals surface area contributed by atoms with Crippen molar-refractivity contribution in [2.24, 2.45) is 7.05 Å². The van der Waals surface area contributed by atoms with Crippen molar-refractivity contribution in [2.45, 2.75) is 12.6 Å². The average molecular weight is 455 g/mol. The molecule has 8 nitrogen and oxygen atoms in total. The quantitative estimate of drug-likeness (QED) is 0.433. The average Bonchev–Trinajstić information content (AvgIpc) is 3.30. The molecule has 172 valence electrons. The lowest BCUT2D eigenvalue weighted by Crippen LogP contribution is -2.43. The van der Waals surface area contributed by atoms with Gasteiger partial charge in [0.15, 0.2) is 0 Å². The summed E-state index contributed by atoms with van der Waals surface area (Å²) in [6, 6.07) is 12.0. The van der Waals surface area contributed by atoms with Crippen LogP contribution in [0.5, 0.6) is 0 Å². The molecule has 34 heavy (non-hydrogen) atoms. The van der Waals surface area contributed by atoms with Crippen LogP contribution in [0.3, 0.4) is 0 Å². The number of hydrogen-bond donors (Lipinski definition) is 2. The van der Waals surface area contributed by atoms with Gasteiger partial charge in [0.05, 0.1) is 31.0 Å². The van der Waals surface area contributed by atoms with Crippen LogP contribution in [-0.2, 0) is 18.3 Å². The first-order valence-electron chi connectivity index (χ1n) is 11.2. The molecule has 1 saturated heterocycles. The summed E-state index contributed by atoms with van der Waals surface area (Å²) in [6.45, 7) is 2.91. The molecule has 1 aliphatic rings. The van der Waals surface area contributed by atoms with Crippen LogP contribution in [0, 0.1) is 12.3 Å². The normalized spacial score (nSPS) is 16.4. The largest absolute Gasteiger partial charge is 0.394 e. The van der Waals surface area contributed by atoms with Crippen LogP contribution in [0.25, 0.3) is 22.0 Å². The maximum absolute atomic E-state index is 9.49. The van der Waals surface area contributed by atoms with Gasteiger partial charge in [0, 0.05) is 61.3 Å². The summed E-state index contributed by atoms with van der Waals surface area (Å²) in [6.07, 6.45) is 11.0. The minimum atomic E-state index is -0.145. The fraction of sp³-hybridized carbons (Fsp3) is 0.269. The van der Waals surface area contributed by atoms with E-state index in [-0.39, 0.29) is 12.7 Å². The highest BCUT2D eigenvalue weighted by molar-refractivity contribution is 5.81. The Bertz CT molecular complexity index is 1360. The first-order chi connectivity index (χ1) is 16.6. The Morgan fingerprint density at radius 3 is 2.91 bits per heavy atom. The summed E-state index contributed by atoms with van der Waals surface area (Å²) in [5.74, 6) is 3.16. The van der Waals surface area contributed by atoms with Gasteiger partial charge >= 0.3 is 0 Å². The van der Waals surface area contributed by atoms with Crippen molar-refractivity contribution in [3.63, 3.8) is 0 Å². The summed E-state index contributed by atoms with van der Waals surface area (Å²) in [5.41, 5.74) is 5.74. The Morgan fingerprint density at radius 1 is 1.21 bits per heavy atom. The maximum Gasteiger partial charge on any atom is 0.227 e. The summed E-state index contributed by atoms with van der Waals surface area (Å²) < 4.78 is 7.39. The number of nitrogens with zero attached hydrogens (tertiary/aromatic N) is 5. The molecule has 5 rings (SSSR count). The molecule has 1 fully saturated rings. The molecular formula is C26H26N6O2. The van der Waals surface area contributed by atoms with Crippen LogP contribution in [0.15, 0.2) is 55.0 Å². The zero-order valence-corrected chi connectivity index (χ0v) is 19.0. The number of nitrogens with one attached hydrogen (secondary N) is 1. The Labute approximate surface area is 198 Å².